The van der Waals surface area contributed by atoms with Crippen LogP contribution in [0.4, 0.5) is 0 Å². The first kappa shape index (κ1) is 16.3. The smallest absolute Gasteiger partial charge is 0.0494 e. The van der Waals surface area contributed by atoms with Gasteiger partial charge in [-0.1, -0.05) is 88.7 Å². The van der Waals surface area contributed by atoms with E-state index in [0.717, 1.165) is 11.0 Å². The molecule has 0 atom stereocenters. The fourth-order valence-corrected chi connectivity index (χ4v) is 4.24. The molecule has 0 aliphatic rings. The van der Waals surface area contributed by atoms with Crippen LogP contribution in [-0.4, -0.2) is 4.57 Å². The van der Waals surface area contributed by atoms with Crippen molar-refractivity contribution in [2.75, 3.05) is 0 Å². The molecule has 0 fully saturated rings. The summed E-state index contributed by atoms with van der Waals surface area (Å²) in [5.41, 5.74) is 6.33. The molecule has 4 aromatic carbocycles. The molecule has 0 spiro atoms. The zero-order valence-electron chi connectivity index (χ0n) is 14.8. The minimum Gasteiger partial charge on any atom is -0.336 e. The van der Waals surface area contributed by atoms with Gasteiger partial charge in [-0.3, -0.25) is 0 Å². The van der Waals surface area contributed by atoms with Gasteiger partial charge in [-0.15, -0.1) is 0 Å². The summed E-state index contributed by atoms with van der Waals surface area (Å²) in [5.74, 6) is 0. The summed E-state index contributed by atoms with van der Waals surface area (Å²) >= 11 is 3.70. The summed E-state index contributed by atoms with van der Waals surface area (Å²) in [6.45, 7) is 0.843. The van der Waals surface area contributed by atoms with Crippen molar-refractivity contribution >= 4 is 37.7 Å². The van der Waals surface area contributed by atoms with Gasteiger partial charge in [-0.25, -0.2) is 0 Å². The van der Waals surface area contributed by atoms with E-state index >= 15 is 0 Å². The van der Waals surface area contributed by atoms with Gasteiger partial charge in [-0.2, -0.15) is 0 Å². The molecule has 0 aliphatic carbocycles. The number of para-hydroxylation sites is 1. The Labute approximate surface area is 167 Å². The Hall–Kier alpha value is -2.84. The highest BCUT2D eigenvalue weighted by molar-refractivity contribution is 9.10. The van der Waals surface area contributed by atoms with Crippen molar-refractivity contribution < 1.29 is 0 Å². The van der Waals surface area contributed by atoms with E-state index in [9.17, 15) is 0 Å². The third kappa shape index (κ3) is 2.87. The van der Waals surface area contributed by atoms with E-state index in [1.54, 1.807) is 0 Å². The summed E-state index contributed by atoms with van der Waals surface area (Å²) in [7, 11) is 0. The lowest BCUT2D eigenvalue weighted by molar-refractivity contribution is 0.865. The van der Waals surface area contributed by atoms with Crippen molar-refractivity contribution in [3.8, 4) is 11.1 Å². The normalized spacial score (nSPS) is 11.3. The second kappa shape index (κ2) is 6.71. The van der Waals surface area contributed by atoms with E-state index in [-0.39, 0.29) is 0 Å². The SMILES string of the molecule is Brc1ccccc1Cn1c2ccccc2c2cc(-c3ccccc3)ccc21. The van der Waals surface area contributed by atoms with Crippen LogP contribution in [0, 0.1) is 0 Å². The van der Waals surface area contributed by atoms with E-state index in [0.29, 0.717) is 0 Å². The average Bonchev–Trinajstić information content (AvgIpc) is 3.04. The molecule has 1 heterocycles. The van der Waals surface area contributed by atoms with Gasteiger partial charge >= 0.3 is 0 Å². The van der Waals surface area contributed by atoms with Crippen LogP contribution < -0.4 is 0 Å². The molecule has 5 aromatic rings. The number of hydrogen-bond acceptors (Lipinski definition) is 0. The highest BCUT2D eigenvalue weighted by Gasteiger charge is 2.12. The molecule has 0 bridgehead atoms. The molecular formula is C25H18BrN. The number of halogens is 1. The molecule has 0 aliphatic heterocycles. The van der Waals surface area contributed by atoms with E-state index in [2.05, 4.69) is 118 Å². The second-order valence-corrected chi connectivity index (χ2v) is 7.65. The number of benzene rings is 4. The van der Waals surface area contributed by atoms with E-state index in [1.165, 1.54) is 38.5 Å². The van der Waals surface area contributed by atoms with Crippen LogP contribution in [-0.2, 0) is 6.54 Å². The van der Waals surface area contributed by atoms with Crippen molar-refractivity contribution in [3.05, 3.63) is 107 Å². The first-order valence-corrected chi connectivity index (χ1v) is 9.90. The molecule has 0 saturated heterocycles. The molecule has 0 saturated carbocycles. The predicted molar refractivity (Wildman–Crippen MR) is 118 cm³/mol. The summed E-state index contributed by atoms with van der Waals surface area (Å²) in [4.78, 5) is 0. The third-order valence-electron chi connectivity index (χ3n) is 5.17. The maximum absolute atomic E-state index is 3.70. The Morgan fingerprint density at radius 3 is 2.15 bits per heavy atom. The quantitative estimate of drug-likeness (QED) is 0.294. The molecule has 2 heteroatoms. The molecule has 0 unspecified atom stereocenters. The standard InChI is InChI=1S/C25H18BrN/c26-23-12-6-4-10-20(23)17-27-24-13-7-5-11-21(24)22-16-19(14-15-25(22)27)18-8-2-1-3-9-18/h1-16H,17H2. The Morgan fingerprint density at radius 2 is 1.30 bits per heavy atom. The third-order valence-corrected chi connectivity index (χ3v) is 5.94. The highest BCUT2D eigenvalue weighted by Crippen LogP contribution is 2.33. The van der Waals surface area contributed by atoms with Crippen LogP contribution in [0.5, 0.6) is 0 Å². The Bertz CT molecular complexity index is 1250. The van der Waals surface area contributed by atoms with Crippen LogP contribution >= 0.6 is 15.9 Å². The Balaban J connectivity index is 1.74. The topological polar surface area (TPSA) is 4.93 Å². The van der Waals surface area contributed by atoms with Gasteiger partial charge in [0.25, 0.3) is 0 Å². The van der Waals surface area contributed by atoms with Gasteiger partial charge in [0.15, 0.2) is 0 Å². The number of aromatic nitrogens is 1. The fourth-order valence-electron chi connectivity index (χ4n) is 3.83. The second-order valence-electron chi connectivity index (χ2n) is 6.79. The van der Waals surface area contributed by atoms with E-state index in [4.69, 9.17) is 0 Å². The van der Waals surface area contributed by atoms with Gasteiger partial charge in [0.2, 0.25) is 0 Å². The Kier molecular flexibility index (Phi) is 4.06. The maximum atomic E-state index is 3.70. The van der Waals surface area contributed by atoms with Crippen LogP contribution in [0.2, 0.25) is 0 Å². The molecule has 27 heavy (non-hydrogen) atoms. The first-order chi connectivity index (χ1) is 13.3. The monoisotopic (exact) mass is 411 g/mol. The zero-order valence-corrected chi connectivity index (χ0v) is 16.4. The number of fused-ring (bicyclic) bond motifs is 3. The Morgan fingerprint density at radius 1 is 0.593 bits per heavy atom. The van der Waals surface area contributed by atoms with E-state index < -0.39 is 0 Å². The van der Waals surface area contributed by atoms with E-state index in [1.807, 2.05) is 0 Å². The van der Waals surface area contributed by atoms with Crippen molar-refractivity contribution in [2.24, 2.45) is 0 Å². The van der Waals surface area contributed by atoms with Gasteiger partial charge in [0.05, 0.1) is 0 Å². The summed E-state index contributed by atoms with van der Waals surface area (Å²) in [6, 6.07) is 34.5. The zero-order chi connectivity index (χ0) is 18.2. The van der Waals surface area contributed by atoms with Crippen molar-refractivity contribution in [3.63, 3.8) is 0 Å². The maximum Gasteiger partial charge on any atom is 0.0494 e. The lowest BCUT2D eigenvalue weighted by Gasteiger charge is -2.10. The molecule has 0 N–H and O–H groups in total. The molecule has 130 valence electrons. The highest BCUT2D eigenvalue weighted by atomic mass is 79.9. The van der Waals surface area contributed by atoms with Gasteiger partial charge in [0, 0.05) is 32.8 Å². The first-order valence-electron chi connectivity index (χ1n) is 9.11. The summed E-state index contributed by atoms with van der Waals surface area (Å²) in [6.07, 6.45) is 0. The number of hydrogen-bond donors (Lipinski definition) is 0. The molecular weight excluding hydrogens is 394 g/mol. The molecule has 1 nitrogen and oxygen atoms in total. The molecule has 5 rings (SSSR count). The average molecular weight is 412 g/mol. The minimum absolute atomic E-state index is 0.843. The predicted octanol–water partition coefficient (Wildman–Crippen LogP) is 7.27. The molecule has 0 radical (unpaired) electrons. The molecule has 0 amide bonds. The fraction of sp³-hybridized carbons (Fsp3) is 0.0400. The lowest BCUT2D eigenvalue weighted by atomic mass is 10.0. The van der Waals surface area contributed by atoms with Crippen LogP contribution in [0.15, 0.2) is 102 Å². The van der Waals surface area contributed by atoms with Gasteiger partial charge in [-0.05, 0) is 41.0 Å². The van der Waals surface area contributed by atoms with Crippen molar-refractivity contribution in [2.45, 2.75) is 6.54 Å². The number of nitrogens with zero attached hydrogens (tertiary/aromatic N) is 1. The minimum atomic E-state index is 0.843. The van der Waals surface area contributed by atoms with Gasteiger partial charge < -0.3 is 4.57 Å². The number of rotatable bonds is 3. The summed E-state index contributed by atoms with van der Waals surface area (Å²) in [5, 5.41) is 2.61. The van der Waals surface area contributed by atoms with Crippen molar-refractivity contribution in [1.29, 1.82) is 0 Å². The van der Waals surface area contributed by atoms with Crippen LogP contribution in [0.25, 0.3) is 32.9 Å². The molecule has 1 aromatic heterocycles. The van der Waals surface area contributed by atoms with Crippen LogP contribution in [0.3, 0.4) is 0 Å². The summed E-state index contributed by atoms with van der Waals surface area (Å²) < 4.78 is 3.57. The lowest BCUT2D eigenvalue weighted by Crippen LogP contribution is -2.00. The van der Waals surface area contributed by atoms with Crippen molar-refractivity contribution in [1.82, 2.24) is 4.57 Å². The van der Waals surface area contributed by atoms with Gasteiger partial charge in [0.1, 0.15) is 0 Å². The largest absolute Gasteiger partial charge is 0.336 e. The van der Waals surface area contributed by atoms with Crippen LogP contribution in [0.1, 0.15) is 5.56 Å².